The number of hydrogen-bond donors (Lipinski definition) is 3. The Balaban J connectivity index is 2.28. The topological polar surface area (TPSA) is 90.5 Å². The van der Waals surface area contributed by atoms with Crippen molar-refractivity contribution in [2.45, 2.75) is 23.7 Å². The Bertz CT molecular complexity index is 435. The van der Waals surface area contributed by atoms with E-state index in [1.54, 1.807) is 0 Å². The Morgan fingerprint density at radius 1 is 1.55 bits per heavy atom. The monoisotopic (exact) mass is 298 g/mol. The molecule has 2 heterocycles. The fourth-order valence-electron chi connectivity index (χ4n) is 2.49. The summed E-state index contributed by atoms with van der Waals surface area (Å²) >= 11 is 1.47. The molecule has 0 aromatic carbocycles. The number of hydrogen-bond acceptors (Lipinski definition) is 8. The predicted molar refractivity (Wildman–Crippen MR) is 81.9 cm³/mol. The number of nitrogens with two attached hydrogens (primary N) is 1. The van der Waals surface area contributed by atoms with E-state index in [4.69, 9.17) is 5.84 Å². The Kier molecular flexibility index (Phi) is 5.03. The summed E-state index contributed by atoms with van der Waals surface area (Å²) in [5.74, 6) is 6.85. The number of nitrogen functional groups attached to an aromatic ring is 1. The molecule has 0 radical (unpaired) electrons. The van der Waals surface area contributed by atoms with Gasteiger partial charge < -0.3 is 20.3 Å². The molecule has 1 fully saturated rings. The summed E-state index contributed by atoms with van der Waals surface area (Å²) < 4.78 is 0. The number of aromatic nitrogens is 2. The van der Waals surface area contributed by atoms with Crippen molar-refractivity contribution in [2.24, 2.45) is 5.84 Å². The highest BCUT2D eigenvalue weighted by Gasteiger charge is 2.32. The van der Waals surface area contributed by atoms with Crippen molar-refractivity contribution in [3.63, 3.8) is 0 Å². The maximum atomic E-state index is 9.95. The molecule has 8 heteroatoms. The summed E-state index contributed by atoms with van der Waals surface area (Å²) in [4.78, 5) is 13.0. The van der Waals surface area contributed by atoms with Crippen molar-refractivity contribution in [1.82, 2.24) is 14.9 Å². The van der Waals surface area contributed by atoms with Crippen LogP contribution in [0.5, 0.6) is 0 Å². The van der Waals surface area contributed by atoms with Gasteiger partial charge in [0.05, 0.1) is 6.10 Å². The van der Waals surface area contributed by atoms with Gasteiger partial charge >= 0.3 is 0 Å². The first kappa shape index (κ1) is 15.3. The van der Waals surface area contributed by atoms with Crippen molar-refractivity contribution < 1.29 is 5.11 Å². The summed E-state index contributed by atoms with van der Waals surface area (Å²) in [6, 6.07) is 2.07. The van der Waals surface area contributed by atoms with Crippen LogP contribution in [0.1, 0.15) is 6.42 Å². The molecule has 0 amide bonds. The number of aliphatic hydroxyl groups excluding tert-OH is 1. The van der Waals surface area contributed by atoms with Crippen LogP contribution in [0.4, 0.5) is 11.6 Å². The van der Waals surface area contributed by atoms with Gasteiger partial charge in [0.1, 0.15) is 11.6 Å². The molecule has 2 unspecified atom stereocenters. The molecule has 2 rings (SSSR count). The molecule has 1 saturated heterocycles. The van der Waals surface area contributed by atoms with Gasteiger partial charge in [-0.3, -0.25) is 0 Å². The second-order valence-electron chi connectivity index (χ2n) is 5.20. The zero-order valence-electron chi connectivity index (χ0n) is 12.1. The molecule has 0 bridgehead atoms. The van der Waals surface area contributed by atoms with Crippen LogP contribution in [0.15, 0.2) is 11.2 Å². The molecule has 1 aromatic rings. The summed E-state index contributed by atoms with van der Waals surface area (Å²) in [5.41, 5.74) is 2.57. The number of thioether (sulfide) groups is 1. The minimum Gasteiger partial charge on any atom is -0.391 e. The molecule has 0 aliphatic carbocycles. The van der Waals surface area contributed by atoms with Gasteiger partial charge in [0.25, 0.3) is 0 Å². The quantitative estimate of drug-likeness (QED) is 0.302. The maximum Gasteiger partial charge on any atom is 0.191 e. The Hall–Kier alpha value is -1.09. The second kappa shape index (κ2) is 6.57. The lowest BCUT2D eigenvalue weighted by atomic mass is 10.2. The number of hydrazine groups is 1. The van der Waals surface area contributed by atoms with Crippen LogP contribution in [0.3, 0.4) is 0 Å². The van der Waals surface area contributed by atoms with Crippen LogP contribution in [-0.2, 0) is 0 Å². The predicted octanol–water partition coefficient (Wildman–Crippen LogP) is -0.0147. The number of rotatable bonds is 5. The highest BCUT2D eigenvalue weighted by Crippen LogP contribution is 2.27. The molecule has 112 valence electrons. The first-order chi connectivity index (χ1) is 9.53. The van der Waals surface area contributed by atoms with E-state index in [2.05, 4.69) is 25.2 Å². The first-order valence-electron chi connectivity index (χ1n) is 6.52. The van der Waals surface area contributed by atoms with Gasteiger partial charge in [-0.25, -0.2) is 15.8 Å². The van der Waals surface area contributed by atoms with Crippen LogP contribution in [-0.4, -0.2) is 65.6 Å². The molecular weight excluding hydrogens is 276 g/mol. The van der Waals surface area contributed by atoms with Gasteiger partial charge in [0.15, 0.2) is 5.16 Å². The average molecular weight is 298 g/mol. The van der Waals surface area contributed by atoms with E-state index < -0.39 is 0 Å². The van der Waals surface area contributed by atoms with E-state index in [0.29, 0.717) is 17.5 Å². The molecule has 0 saturated carbocycles. The summed E-state index contributed by atoms with van der Waals surface area (Å²) in [7, 11) is 4.06. The molecule has 1 aliphatic heterocycles. The van der Waals surface area contributed by atoms with Crippen molar-refractivity contribution >= 4 is 23.4 Å². The second-order valence-corrected chi connectivity index (χ2v) is 5.97. The van der Waals surface area contributed by atoms with Crippen molar-refractivity contribution in [3.8, 4) is 0 Å². The van der Waals surface area contributed by atoms with E-state index in [1.165, 1.54) is 11.8 Å². The van der Waals surface area contributed by atoms with Crippen LogP contribution >= 0.6 is 11.8 Å². The van der Waals surface area contributed by atoms with Crippen LogP contribution in [0, 0.1) is 0 Å². The summed E-state index contributed by atoms with van der Waals surface area (Å²) in [6.07, 6.45) is 2.36. The summed E-state index contributed by atoms with van der Waals surface area (Å²) in [5, 5.41) is 10.6. The van der Waals surface area contributed by atoms with Crippen molar-refractivity contribution in [1.29, 1.82) is 0 Å². The average Bonchev–Trinajstić information content (AvgIpc) is 2.78. The molecular formula is C12H22N6OS. The van der Waals surface area contributed by atoms with Crippen LogP contribution in [0.25, 0.3) is 0 Å². The normalized spacial score (nSPS) is 22.6. The Morgan fingerprint density at radius 3 is 2.90 bits per heavy atom. The van der Waals surface area contributed by atoms with Gasteiger partial charge in [0.2, 0.25) is 0 Å². The van der Waals surface area contributed by atoms with E-state index >= 15 is 0 Å². The smallest absolute Gasteiger partial charge is 0.191 e. The third kappa shape index (κ3) is 3.51. The molecule has 0 spiro atoms. The van der Waals surface area contributed by atoms with Crippen molar-refractivity contribution in [3.05, 3.63) is 6.07 Å². The zero-order valence-corrected chi connectivity index (χ0v) is 12.9. The van der Waals surface area contributed by atoms with E-state index in [1.807, 2.05) is 26.4 Å². The van der Waals surface area contributed by atoms with Gasteiger partial charge in [-0.05, 0) is 26.8 Å². The summed E-state index contributed by atoms with van der Waals surface area (Å²) in [6.45, 7) is 1.47. The fourth-order valence-corrected chi connectivity index (χ4v) is 2.87. The van der Waals surface area contributed by atoms with Crippen molar-refractivity contribution in [2.75, 3.05) is 43.8 Å². The fraction of sp³-hybridized carbons (Fsp3) is 0.667. The van der Waals surface area contributed by atoms with E-state index in [-0.39, 0.29) is 12.1 Å². The van der Waals surface area contributed by atoms with Gasteiger partial charge in [-0.2, -0.15) is 0 Å². The van der Waals surface area contributed by atoms with Gasteiger partial charge in [-0.1, -0.05) is 11.8 Å². The Morgan fingerprint density at radius 2 is 2.30 bits per heavy atom. The highest BCUT2D eigenvalue weighted by molar-refractivity contribution is 7.98. The number of likely N-dealkylation sites (N-methyl/N-ethyl adjacent to an activating group) is 1. The zero-order chi connectivity index (χ0) is 14.7. The third-order valence-corrected chi connectivity index (χ3v) is 3.83. The van der Waals surface area contributed by atoms with Gasteiger partial charge in [-0.15, -0.1) is 0 Å². The molecule has 7 nitrogen and oxygen atoms in total. The maximum absolute atomic E-state index is 9.95. The standard InChI is InChI=1S/C12H22N6OS/c1-17(2)6-8-4-9(19)7-18(8)11-5-10(16-13)14-12(15-11)20-3/h5,8-9,19H,4,6-7,13H2,1-3H3,(H,14,15,16). The first-order valence-corrected chi connectivity index (χ1v) is 7.75. The minimum atomic E-state index is -0.318. The lowest BCUT2D eigenvalue weighted by Gasteiger charge is -2.28. The number of nitrogens with one attached hydrogen (secondary N) is 1. The SMILES string of the molecule is CSc1nc(NN)cc(N2CC(O)CC2CN(C)C)n1. The molecule has 1 aliphatic rings. The number of β-amino-alcohol motifs (C(OH)–C–C–N with tert-alkyl or cyclic N) is 1. The van der Waals surface area contributed by atoms with E-state index in [9.17, 15) is 5.11 Å². The minimum absolute atomic E-state index is 0.246. The van der Waals surface area contributed by atoms with E-state index in [0.717, 1.165) is 18.8 Å². The molecule has 4 N–H and O–H groups in total. The molecule has 20 heavy (non-hydrogen) atoms. The number of anilines is 2. The van der Waals surface area contributed by atoms with Crippen LogP contribution < -0.4 is 16.2 Å². The molecule has 2 atom stereocenters. The highest BCUT2D eigenvalue weighted by atomic mass is 32.2. The van der Waals surface area contributed by atoms with Crippen LogP contribution in [0.2, 0.25) is 0 Å². The molecule has 1 aromatic heterocycles. The largest absolute Gasteiger partial charge is 0.391 e. The third-order valence-electron chi connectivity index (χ3n) is 3.29. The lowest BCUT2D eigenvalue weighted by molar-refractivity contribution is 0.191. The lowest BCUT2D eigenvalue weighted by Crippen LogP contribution is -2.38. The number of aliphatic hydroxyl groups is 1. The Labute approximate surface area is 123 Å². The number of nitrogens with zero attached hydrogens (tertiary/aromatic N) is 4. The van der Waals surface area contributed by atoms with Gasteiger partial charge in [0, 0.05) is 25.2 Å².